The number of carbonyl (C=O) groups is 1. The number of hydrogen-bond donors (Lipinski definition) is 0. The van der Waals surface area contributed by atoms with Gasteiger partial charge in [0, 0.05) is 17.5 Å². The van der Waals surface area contributed by atoms with Crippen molar-refractivity contribution in [2.24, 2.45) is 0 Å². The second-order valence-corrected chi connectivity index (χ2v) is 8.87. The Labute approximate surface area is 229 Å². The van der Waals surface area contributed by atoms with Crippen LogP contribution in [0.2, 0.25) is 10.0 Å². The number of ether oxygens (including phenoxy) is 4. The predicted molar refractivity (Wildman–Crippen MR) is 137 cm³/mol. The summed E-state index contributed by atoms with van der Waals surface area (Å²) in [6.07, 6.45) is -4.84. The molecular weight excluding hydrogens is 564 g/mol. The fraction of sp³-hybridized carbons (Fsp3) is 0.185. The first-order chi connectivity index (χ1) is 18.5. The molecule has 204 valence electrons. The highest BCUT2D eigenvalue weighted by Crippen LogP contribution is 2.39. The van der Waals surface area contributed by atoms with Gasteiger partial charge in [-0.15, -0.1) is 0 Å². The Hall–Kier alpha value is -3.89. The molecule has 0 fully saturated rings. The maximum absolute atomic E-state index is 13.8. The number of fused-ring (bicyclic) bond motifs is 1. The van der Waals surface area contributed by atoms with Crippen LogP contribution >= 0.6 is 23.2 Å². The van der Waals surface area contributed by atoms with Gasteiger partial charge < -0.3 is 23.4 Å². The van der Waals surface area contributed by atoms with E-state index in [9.17, 15) is 22.8 Å². The third-order valence-electron chi connectivity index (χ3n) is 5.27. The molecule has 0 amide bonds. The summed E-state index contributed by atoms with van der Waals surface area (Å²) >= 11 is 11.9. The lowest BCUT2D eigenvalue weighted by atomic mass is 10.2. The van der Waals surface area contributed by atoms with Crippen molar-refractivity contribution >= 4 is 40.1 Å². The number of rotatable bonds is 9. The summed E-state index contributed by atoms with van der Waals surface area (Å²) in [5.74, 6) is -2.60. The standard InChI is InChI=1S/C27H19Cl2F3O7/c1-35-16-5-7-17(8-6-16)38-25-24(34)19-10-9-18(14-22(19)39-26(25)27(30,31)32)37-23(33)3-2-12-36-21-11-4-15(28)13-20(21)29/h4-11,13-14H,2-3,12H2,1H3. The van der Waals surface area contributed by atoms with Gasteiger partial charge in [-0.1, -0.05) is 23.2 Å². The van der Waals surface area contributed by atoms with Crippen LogP contribution in [0.4, 0.5) is 13.2 Å². The minimum absolute atomic E-state index is 0.0270. The molecule has 0 spiro atoms. The van der Waals surface area contributed by atoms with E-state index < -0.39 is 34.7 Å². The molecule has 1 aromatic heterocycles. The fourth-order valence-electron chi connectivity index (χ4n) is 3.43. The van der Waals surface area contributed by atoms with E-state index in [-0.39, 0.29) is 36.3 Å². The van der Waals surface area contributed by atoms with E-state index >= 15 is 0 Å². The molecule has 39 heavy (non-hydrogen) atoms. The molecule has 0 N–H and O–H groups in total. The van der Waals surface area contributed by atoms with Crippen molar-refractivity contribution in [1.29, 1.82) is 0 Å². The van der Waals surface area contributed by atoms with Crippen molar-refractivity contribution in [3.8, 4) is 28.7 Å². The summed E-state index contributed by atoms with van der Waals surface area (Å²) in [6.45, 7) is 0.148. The molecule has 0 saturated heterocycles. The van der Waals surface area contributed by atoms with E-state index in [0.717, 1.165) is 6.07 Å². The highest BCUT2D eigenvalue weighted by atomic mass is 35.5. The minimum atomic E-state index is -5.05. The summed E-state index contributed by atoms with van der Waals surface area (Å²) in [5, 5.41) is 0.573. The maximum atomic E-state index is 13.8. The van der Waals surface area contributed by atoms with Crippen LogP contribution in [0.3, 0.4) is 0 Å². The van der Waals surface area contributed by atoms with Gasteiger partial charge in [0.2, 0.25) is 11.2 Å². The third kappa shape index (κ3) is 6.96. The van der Waals surface area contributed by atoms with Gasteiger partial charge in [-0.25, -0.2) is 0 Å². The van der Waals surface area contributed by atoms with Crippen LogP contribution in [0.15, 0.2) is 69.9 Å². The Morgan fingerprint density at radius 1 is 0.949 bits per heavy atom. The number of halogens is 5. The normalized spacial score (nSPS) is 11.3. The average Bonchev–Trinajstić information content (AvgIpc) is 2.89. The summed E-state index contributed by atoms with van der Waals surface area (Å²) < 4.78 is 67.4. The van der Waals surface area contributed by atoms with Crippen molar-refractivity contribution in [2.75, 3.05) is 13.7 Å². The Kier molecular flexibility index (Phi) is 8.57. The molecule has 0 atom stereocenters. The lowest BCUT2D eigenvalue weighted by Gasteiger charge is -2.14. The van der Waals surface area contributed by atoms with Gasteiger partial charge in [-0.2, -0.15) is 13.2 Å². The average molecular weight is 583 g/mol. The van der Waals surface area contributed by atoms with E-state index in [2.05, 4.69) is 0 Å². The number of carbonyl (C=O) groups excluding carboxylic acids is 1. The number of alkyl halides is 3. The molecule has 1 heterocycles. The monoisotopic (exact) mass is 582 g/mol. The zero-order valence-corrected chi connectivity index (χ0v) is 21.7. The molecule has 4 aromatic rings. The molecular formula is C27H19Cl2F3O7. The Bertz CT molecular complexity index is 1550. The Morgan fingerprint density at radius 2 is 1.64 bits per heavy atom. The molecule has 0 aliphatic heterocycles. The fourth-order valence-corrected chi connectivity index (χ4v) is 3.90. The Balaban J connectivity index is 1.48. The molecule has 0 radical (unpaired) electrons. The summed E-state index contributed by atoms with van der Waals surface area (Å²) in [6, 6.07) is 13.8. The first-order valence-electron chi connectivity index (χ1n) is 11.3. The lowest BCUT2D eigenvalue weighted by molar-refractivity contribution is -0.154. The molecule has 12 heteroatoms. The largest absolute Gasteiger partial charge is 0.497 e. The minimum Gasteiger partial charge on any atom is -0.497 e. The van der Waals surface area contributed by atoms with E-state index in [4.69, 9.17) is 46.6 Å². The molecule has 0 unspecified atom stereocenters. The van der Waals surface area contributed by atoms with Crippen LogP contribution in [0, 0.1) is 0 Å². The SMILES string of the molecule is COc1ccc(Oc2c(C(F)(F)F)oc3cc(OC(=O)CCCOc4ccc(Cl)cc4Cl)ccc3c2=O)cc1. The first-order valence-corrected chi connectivity index (χ1v) is 12.1. The second kappa shape index (κ2) is 11.9. The summed E-state index contributed by atoms with van der Waals surface area (Å²) in [5.41, 5.74) is -1.48. The van der Waals surface area contributed by atoms with E-state index in [0.29, 0.717) is 21.5 Å². The van der Waals surface area contributed by atoms with Gasteiger partial charge in [0.05, 0.1) is 24.1 Å². The number of methoxy groups -OCH3 is 1. The topological polar surface area (TPSA) is 84.2 Å². The zero-order chi connectivity index (χ0) is 28.2. The maximum Gasteiger partial charge on any atom is 0.453 e. The van der Waals surface area contributed by atoms with Crippen LogP contribution < -0.4 is 24.4 Å². The van der Waals surface area contributed by atoms with Gasteiger partial charge in [0.15, 0.2) is 0 Å². The van der Waals surface area contributed by atoms with Gasteiger partial charge in [0.25, 0.3) is 5.76 Å². The molecule has 3 aromatic carbocycles. The van der Waals surface area contributed by atoms with Gasteiger partial charge in [-0.05, 0) is 61.0 Å². The van der Waals surface area contributed by atoms with Gasteiger partial charge in [0.1, 0.15) is 28.6 Å². The first kappa shape index (κ1) is 28.1. The highest BCUT2D eigenvalue weighted by molar-refractivity contribution is 6.35. The molecule has 7 nitrogen and oxygen atoms in total. The molecule has 4 rings (SSSR count). The Morgan fingerprint density at radius 3 is 2.31 bits per heavy atom. The van der Waals surface area contributed by atoms with Gasteiger partial charge in [-0.3, -0.25) is 9.59 Å². The molecule has 0 bridgehead atoms. The smallest absolute Gasteiger partial charge is 0.453 e. The van der Waals surface area contributed by atoms with Crippen molar-refractivity contribution in [3.63, 3.8) is 0 Å². The van der Waals surface area contributed by atoms with Crippen LogP contribution in [-0.4, -0.2) is 19.7 Å². The van der Waals surface area contributed by atoms with Crippen molar-refractivity contribution in [2.45, 2.75) is 19.0 Å². The highest BCUT2D eigenvalue weighted by Gasteiger charge is 2.40. The molecule has 0 saturated carbocycles. The van der Waals surface area contributed by atoms with Gasteiger partial charge >= 0.3 is 12.1 Å². The van der Waals surface area contributed by atoms with Crippen molar-refractivity contribution in [3.05, 3.63) is 86.7 Å². The predicted octanol–water partition coefficient (Wildman–Crippen LogP) is 7.68. The van der Waals surface area contributed by atoms with Crippen LogP contribution in [-0.2, 0) is 11.0 Å². The van der Waals surface area contributed by atoms with E-state index in [1.54, 1.807) is 12.1 Å². The van der Waals surface area contributed by atoms with E-state index in [1.807, 2.05) is 0 Å². The van der Waals surface area contributed by atoms with Crippen LogP contribution in [0.1, 0.15) is 18.6 Å². The summed E-state index contributed by atoms with van der Waals surface area (Å²) in [7, 11) is 1.43. The lowest BCUT2D eigenvalue weighted by Crippen LogP contribution is -2.15. The molecule has 0 aliphatic carbocycles. The second-order valence-electron chi connectivity index (χ2n) is 8.02. The number of benzene rings is 3. The third-order valence-corrected chi connectivity index (χ3v) is 5.80. The van der Waals surface area contributed by atoms with E-state index in [1.165, 1.54) is 49.6 Å². The molecule has 0 aliphatic rings. The number of hydrogen-bond acceptors (Lipinski definition) is 7. The summed E-state index contributed by atoms with van der Waals surface area (Å²) in [4.78, 5) is 25.2. The van der Waals surface area contributed by atoms with Crippen molar-refractivity contribution in [1.82, 2.24) is 0 Å². The number of esters is 1. The van der Waals surface area contributed by atoms with Crippen molar-refractivity contribution < 1.29 is 41.3 Å². The zero-order valence-electron chi connectivity index (χ0n) is 20.1. The van der Waals surface area contributed by atoms with Crippen LogP contribution in [0.5, 0.6) is 28.7 Å². The quantitative estimate of drug-likeness (QED) is 0.114. The van der Waals surface area contributed by atoms with Crippen LogP contribution in [0.25, 0.3) is 11.0 Å².